The smallest absolute Gasteiger partial charge is 0.0726 e. The number of pyridine rings is 1. The highest BCUT2D eigenvalue weighted by Gasteiger charge is 2.22. The predicted octanol–water partition coefficient (Wildman–Crippen LogP) is 3.10. The van der Waals surface area contributed by atoms with Crippen LogP contribution in [0, 0.1) is 6.92 Å². The number of aromatic nitrogens is 1. The number of hydrogen-bond donors (Lipinski definition) is 1. The molecule has 2 nitrogen and oxygen atoms in total. The van der Waals surface area contributed by atoms with Gasteiger partial charge in [0.05, 0.1) is 11.7 Å². The molecule has 0 amide bonds. The van der Waals surface area contributed by atoms with E-state index in [0.717, 1.165) is 12.1 Å². The van der Waals surface area contributed by atoms with Gasteiger partial charge < -0.3 is 5.32 Å². The summed E-state index contributed by atoms with van der Waals surface area (Å²) in [5.41, 5.74) is 5.09. The van der Waals surface area contributed by atoms with Gasteiger partial charge in [-0.1, -0.05) is 23.8 Å². The molecule has 2 aromatic rings. The molecular weight excluding hydrogens is 196 g/mol. The van der Waals surface area contributed by atoms with Crippen molar-refractivity contribution in [2.45, 2.75) is 19.4 Å². The second-order valence-electron chi connectivity index (χ2n) is 4.32. The molecule has 80 valence electrons. The van der Waals surface area contributed by atoms with Crippen LogP contribution < -0.4 is 5.32 Å². The van der Waals surface area contributed by atoms with Crippen molar-refractivity contribution in [2.24, 2.45) is 0 Å². The fourth-order valence-electron chi connectivity index (χ4n) is 2.25. The highest BCUT2D eigenvalue weighted by Crippen LogP contribution is 2.33. The molecule has 3 rings (SSSR count). The lowest BCUT2D eigenvalue weighted by molar-refractivity contribution is 0.788. The topological polar surface area (TPSA) is 24.9 Å². The Morgan fingerprint density at radius 2 is 2.19 bits per heavy atom. The molecular formula is C14H14N2. The first-order valence-corrected chi connectivity index (χ1v) is 5.60. The van der Waals surface area contributed by atoms with E-state index >= 15 is 0 Å². The van der Waals surface area contributed by atoms with Gasteiger partial charge in [-0.3, -0.25) is 4.98 Å². The fraction of sp³-hybridized carbons (Fsp3) is 0.214. The first-order valence-electron chi connectivity index (χ1n) is 5.60. The summed E-state index contributed by atoms with van der Waals surface area (Å²) in [6.07, 6.45) is 2.89. The molecule has 0 bridgehead atoms. The third-order valence-corrected chi connectivity index (χ3v) is 3.06. The monoisotopic (exact) mass is 210 g/mol. The van der Waals surface area contributed by atoms with Crippen molar-refractivity contribution >= 4 is 5.69 Å². The summed E-state index contributed by atoms with van der Waals surface area (Å²) in [5, 5.41) is 3.52. The maximum absolute atomic E-state index is 4.40. The Bertz CT molecular complexity index is 505. The Labute approximate surface area is 95.3 Å². The lowest BCUT2D eigenvalue weighted by Gasteiger charge is -2.09. The zero-order valence-corrected chi connectivity index (χ0v) is 9.27. The molecule has 2 heteroatoms. The average molecular weight is 210 g/mol. The van der Waals surface area contributed by atoms with Crippen LogP contribution in [-0.4, -0.2) is 4.98 Å². The summed E-state index contributed by atoms with van der Waals surface area (Å²) in [6.45, 7) is 2.13. The van der Waals surface area contributed by atoms with Crippen LogP contribution in [-0.2, 0) is 6.42 Å². The van der Waals surface area contributed by atoms with Crippen LogP contribution in [0.2, 0.25) is 0 Å². The highest BCUT2D eigenvalue weighted by atomic mass is 15.0. The SMILES string of the molecule is Cc1ccc2c(c1)CC(c1ccccn1)N2. The number of hydrogen-bond acceptors (Lipinski definition) is 2. The van der Waals surface area contributed by atoms with Gasteiger partial charge in [0.15, 0.2) is 0 Å². The van der Waals surface area contributed by atoms with E-state index in [0.29, 0.717) is 6.04 Å². The van der Waals surface area contributed by atoms with Crippen molar-refractivity contribution in [1.82, 2.24) is 4.98 Å². The molecule has 1 unspecified atom stereocenters. The van der Waals surface area contributed by atoms with Crippen molar-refractivity contribution < 1.29 is 0 Å². The van der Waals surface area contributed by atoms with Gasteiger partial charge in [0.1, 0.15) is 0 Å². The number of nitrogens with zero attached hydrogens (tertiary/aromatic N) is 1. The summed E-state index contributed by atoms with van der Waals surface area (Å²) in [5.74, 6) is 0. The van der Waals surface area contributed by atoms with Gasteiger partial charge in [0, 0.05) is 18.3 Å². The van der Waals surface area contributed by atoms with Gasteiger partial charge in [-0.15, -0.1) is 0 Å². The Balaban J connectivity index is 1.91. The van der Waals surface area contributed by atoms with Gasteiger partial charge in [0.2, 0.25) is 0 Å². The summed E-state index contributed by atoms with van der Waals surface area (Å²) < 4.78 is 0. The molecule has 0 radical (unpaired) electrons. The summed E-state index contributed by atoms with van der Waals surface area (Å²) >= 11 is 0. The standard InChI is InChI=1S/C14H14N2/c1-10-5-6-12-11(8-10)9-14(16-12)13-4-2-3-7-15-13/h2-8,14,16H,9H2,1H3. The third-order valence-electron chi connectivity index (χ3n) is 3.06. The van der Waals surface area contributed by atoms with E-state index in [2.05, 4.69) is 41.5 Å². The second kappa shape index (κ2) is 3.63. The van der Waals surface area contributed by atoms with Gasteiger partial charge in [-0.2, -0.15) is 0 Å². The number of benzene rings is 1. The summed E-state index contributed by atoms with van der Waals surface area (Å²) in [4.78, 5) is 4.40. The van der Waals surface area contributed by atoms with Crippen LogP contribution in [0.25, 0.3) is 0 Å². The fourth-order valence-corrected chi connectivity index (χ4v) is 2.25. The quantitative estimate of drug-likeness (QED) is 0.782. The molecule has 16 heavy (non-hydrogen) atoms. The van der Waals surface area contributed by atoms with E-state index in [9.17, 15) is 0 Å². The Hall–Kier alpha value is -1.83. The molecule has 1 atom stereocenters. The first-order chi connectivity index (χ1) is 7.83. The third kappa shape index (κ3) is 1.56. The van der Waals surface area contributed by atoms with Gasteiger partial charge >= 0.3 is 0 Å². The maximum atomic E-state index is 4.40. The lowest BCUT2D eigenvalue weighted by Crippen LogP contribution is -2.07. The molecule has 1 aliphatic rings. The second-order valence-corrected chi connectivity index (χ2v) is 4.32. The molecule has 0 fully saturated rings. The number of nitrogens with one attached hydrogen (secondary N) is 1. The predicted molar refractivity (Wildman–Crippen MR) is 65.5 cm³/mol. The van der Waals surface area contributed by atoms with Crippen molar-refractivity contribution in [2.75, 3.05) is 5.32 Å². The molecule has 1 N–H and O–H groups in total. The van der Waals surface area contributed by atoms with E-state index < -0.39 is 0 Å². The summed E-state index contributed by atoms with van der Waals surface area (Å²) in [7, 11) is 0. The number of rotatable bonds is 1. The van der Waals surface area contributed by atoms with E-state index in [4.69, 9.17) is 0 Å². The van der Waals surface area contributed by atoms with Crippen molar-refractivity contribution in [3.63, 3.8) is 0 Å². The van der Waals surface area contributed by atoms with E-state index in [-0.39, 0.29) is 0 Å². The number of fused-ring (bicyclic) bond motifs is 1. The molecule has 0 spiro atoms. The molecule has 2 heterocycles. The lowest BCUT2D eigenvalue weighted by atomic mass is 10.1. The molecule has 1 aromatic carbocycles. The van der Waals surface area contributed by atoms with Crippen molar-refractivity contribution in [3.8, 4) is 0 Å². The van der Waals surface area contributed by atoms with Gasteiger partial charge in [-0.25, -0.2) is 0 Å². The van der Waals surface area contributed by atoms with Crippen molar-refractivity contribution in [3.05, 3.63) is 59.4 Å². The van der Waals surface area contributed by atoms with Crippen LogP contribution in [0.5, 0.6) is 0 Å². The Morgan fingerprint density at radius 3 is 3.00 bits per heavy atom. The van der Waals surface area contributed by atoms with Crippen LogP contribution in [0.4, 0.5) is 5.69 Å². The zero-order chi connectivity index (χ0) is 11.0. The van der Waals surface area contributed by atoms with Gasteiger partial charge in [0.25, 0.3) is 0 Å². The van der Waals surface area contributed by atoms with Crippen LogP contribution >= 0.6 is 0 Å². The minimum atomic E-state index is 0.331. The summed E-state index contributed by atoms with van der Waals surface area (Å²) in [6, 6.07) is 13.0. The molecule has 1 aliphatic heterocycles. The Morgan fingerprint density at radius 1 is 1.25 bits per heavy atom. The van der Waals surface area contributed by atoms with Gasteiger partial charge in [-0.05, 0) is 30.7 Å². The molecule has 1 aromatic heterocycles. The largest absolute Gasteiger partial charge is 0.376 e. The highest BCUT2D eigenvalue weighted by molar-refractivity contribution is 5.58. The Kier molecular flexibility index (Phi) is 2.13. The number of aryl methyl sites for hydroxylation is 1. The molecule has 0 saturated carbocycles. The minimum Gasteiger partial charge on any atom is -0.376 e. The zero-order valence-electron chi connectivity index (χ0n) is 9.27. The van der Waals surface area contributed by atoms with E-state index in [1.54, 1.807) is 0 Å². The average Bonchev–Trinajstić information content (AvgIpc) is 2.73. The molecule has 0 saturated heterocycles. The van der Waals surface area contributed by atoms with Crippen LogP contribution in [0.3, 0.4) is 0 Å². The first kappa shape index (κ1) is 9.40. The maximum Gasteiger partial charge on any atom is 0.0726 e. The van der Waals surface area contributed by atoms with Crippen LogP contribution in [0.1, 0.15) is 22.9 Å². The van der Waals surface area contributed by atoms with Crippen LogP contribution in [0.15, 0.2) is 42.6 Å². The normalized spacial score (nSPS) is 17.9. The number of anilines is 1. The van der Waals surface area contributed by atoms with E-state index in [1.807, 2.05) is 18.3 Å². The van der Waals surface area contributed by atoms with E-state index in [1.165, 1.54) is 16.8 Å². The van der Waals surface area contributed by atoms with Crippen molar-refractivity contribution in [1.29, 1.82) is 0 Å². The molecule has 0 aliphatic carbocycles. The minimum absolute atomic E-state index is 0.331.